The zero-order valence-corrected chi connectivity index (χ0v) is 19.9. The molecule has 8 nitrogen and oxygen atoms in total. The second-order valence-corrected chi connectivity index (χ2v) is 8.64. The first-order chi connectivity index (χ1) is 18.1. The van der Waals surface area contributed by atoms with Gasteiger partial charge in [-0.05, 0) is 30.3 Å². The van der Waals surface area contributed by atoms with Gasteiger partial charge < -0.3 is 10.3 Å². The number of halogens is 1. The molecule has 6 aromatic rings. The number of aromatic nitrogens is 5. The number of carbonyl (C=O) groups is 1. The summed E-state index contributed by atoms with van der Waals surface area (Å²) in [6.07, 6.45) is 3.21. The summed E-state index contributed by atoms with van der Waals surface area (Å²) in [6.45, 7) is 0. The van der Waals surface area contributed by atoms with Crippen molar-refractivity contribution >= 4 is 45.3 Å². The number of pyridine rings is 3. The van der Waals surface area contributed by atoms with Crippen molar-refractivity contribution in [3.05, 3.63) is 112 Å². The number of fused-ring (bicyclic) bond motifs is 2. The van der Waals surface area contributed by atoms with Gasteiger partial charge in [0, 0.05) is 35.0 Å². The fourth-order valence-corrected chi connectivity index (χ4v) is 4.40. The molecule has 37 heavy (non-hydrogen) atoms. The molecular formula is C28H17ClN6O2. The third kappa shape index (κ3) is 4.30. The van der Waals surface area contributed by atoms with E-state index < -0.39 is 11.5 Å². The van der Waals surface area contributed by atoms with Crippen molar-refractivity contribution in [3.63, 3.8) is 0 Å². The standard InChI is InChI=1S/C28H17ClN6O2/c29-19-14-18(13-17-9-6-12-31-23(17)19)25-24(16-7-2-1-3-8-16)35-27-26(34-25)21(15-22(36)33-27)32-28(37)20-10-4-5-11-30-20/h1-15H,(H2,32,33,35,36,37). The van der Waals surface area contributed by atoms with Crippen molar-refractivity contribution in [2.45, 2.75) is 0 Å². The van der Waals surface area contributed by atoms with Crippen LogP contribution in [0.4, 0.5) is 5.69 Å². The molecule has 0 saturated carbocycles. The van der Waals surface area contributed by atoms with E-state index in [9.17, 15) is 9.59 Å². The van der Waals surface area contributed by atoms with Crippen LogP contribution < -0.4 is 10.9 Å². The smallest absolute Gasteiger partial charge is 0.274 e. The summed E-state index contributed by atoms with van der Waals surface area (Å²) in [7, 11) is 0. The molecule has 0 saturated heterocycles. The number of carbonyl (C=O) groups excluding carboxylic acids is 1. The molecule has 0 fully saturated rings. The Labute approximate surface area is 215 Å². The number of nitrogens with one attached hydrogen (secondary N) is 2. The number of rotatable bonds is 4. The summed E-state index contributed by atoms with van der Waals surface area (Å²) in [4.78, 5) is 46.2. The van der Waals surface area contributed by atoms with Gasteiger partial charge in [0.25, 0.3) is 11.5 Å². The van der Waals surface area contributed by atoms with Gasteiger partial charge >= 0.3 is 0 Å². The first-order valence-corrected chi connectivity index (χ1v) is 11.7. The van der Waals surface area contributed by atoms with Crippen LogP contribution in [0.3, 0.4) is 0 Å². The molecule has 9 heteroatoms. The third-order valence-corrected chi connectivity index (χ3v) is 6.08. The lowest BCUT2D eigenvalue weighted by Crippen LogP contribution is -2.17. The number of anilines is 1. The number of aromatic amines is 1. The maximum absolute atomic E-state index is 12.8. The van der Waals surface area contributed by atoms with Gasteiger partial charge in [-0.2, -0.15) is 0 Å². The Balaban J connectivity index is 1.60. The van der Waals surface area contributed by atoms with Gasteiger partial charge in [0.2, 0.25) is 0 Å². The summed E-state index contributed by atoms with van der Waals surface area (Å²) < 4.78 is 0. The molecule has 2 N–H and O–H groups in total. The lowest BCUT2D eigenvalue weighted by molar-refractivity contribution is 0.102. The van der Waals surface area contributed by atoms with Gasteiger partial charge in [-0.1, -0.05) is 54.1 Å². The van der Waals surface area contributed by atoms with Crippen LogP contribution >= 0.6 is 11.6 Å². The van der Waals surface area contributed by atoms with Crippen molar-refractivity contribution in [2.24, 2.45) is 0 Å². The lowest BCUT2D eigenvalue weighted by Gasteiger charge is -2.14. The van der Waals surface area contributed by atoms with Gasteiger partial charge in [0.15, 0.2) is 5.65 Å². The van der Waals surface area contributed by atoms with Crippen LogP contribution in [-0.2, 0) is 0 Å². The fourth-order valence-electron chi connectivity index (χ4n) is 4.12. The predicted molar refractivity (Wildman–Crippen MR) is 144 cm³/mol. The normalized spacial score (nSPS) is 11.1. The van der Waals surface area contributed by atoms with E-state index >= 15 is 0 Å². The van der Waals surface area contributed by atoms with Crippen LogP contribution in [0.5, 0.6) is 0 Å². The van der Waals surface area contributed by atoms with Crippen molar-refractivity contribution in [3.8, 4) is 22.5 Å². The van der Waals surface area contributed by atoms with E-state index in [-0.39, 0.29) is 17.0 Å². The number of hydrogen-bond donors (Lipinski definition) is 2. The van der Waals surface area contributed by atoms with Crippen LogP contribution in [0.25, 0.3) is 44.6 Å². The number of benzene rings is 2. The quantitative estimate of drug-likeness (QED) is 0.327. The Kier molecular flexibility index (Phi) is 5.63. The summed E-state index contributed by atoms with van der Waals surface area (Å²) in [5.41, 5.74) is 3.84. The van der Waals surface area contributed by atoms with Crippen molar-refractivity contribution in [1.29, 1.82) is 0 Å². The minimum atomic E-state index is -0.470. The Bertz CT molecular complexity index is 1860. The van der Waals surface area contributed by atoms with E-state index in [1.165, 1.54) is 12.3 Å². The number of amides is 1. The molecule has 0 spiro atoms. The summed E-state index contributed by atoms with van der Waals surface area (Å²) in [5.74, 6) is -0.470. The van der Waals surface area contributed by atoms with Crippen LogP contribution in [0, 0.1) is 0 Å². The van der Waals surface area contributed by atoms with Gasteiger partial charge in [-0.15, -0.1) is 0 Å². The highest BCUT2D eigenvalue weighted by molar-refractivity contribution is 6.35. The fraction of sp³-hybridized carbons (Fsp3) is 0. The number of H-pyrrole nitrogens is 1. The lowest BCUT2D eigenvalue weighted by atomic mass is 10.0. The second kappa shape index (κ2) is 9.25. The minimum Gasteiger partial charge on any atom is -0.318 e. The van der Waals surface area contributed by atoms with E-state index in [1.807, 2.05) is 48.5 Å². The highest BCUT2D eigenvalue weighted by atomic mass is 35.5. The molecule has 0 radical (unpaired) electrons. The Morgan fingerprint density at radius 3 is 2.38 bits per heavy atom. The summed E-state index contributed by atoms with van der Waals surface area (Å²) in [6, 6.07) is 23.3. The molecule has 178 valence electrons. The van der Waals surface area contributed by atoms with Crippen LogP contribution in [0.1, 0.15) is 10.5 Å². The van der Waals surface area contributed by atoms with Gasteiger partial charge in [0.1, 0.15) is 11.2 Å². The zero-order valence-electron chi connectivity index (χ0n) is 19.1. The maximum Gasteiger partial charge on any atom is 0.274 e. The molecule has 6 rings (SSSR count). The molecule has 1 amide bonds. The Hall–Kier alpha value is -4.95. The monoisotopic (exact) mass is 504 g/mol. The molecule has 0 aliphatic rings. The first kappa shape index (κ1) is 22.5. The van der Waals surface area contributed by atoms with E-state index in [0.29, 0.717) is 33.0 Å². The van der Waals surface area contributed by atoms with Gasteiger partial charge in [-0.3, -0.25) is 19.6 Å². The van der Waals surface area contributed by atoms with E-state index in [0.717, 1.165) is 10.9 Å². The summed E-state index contributed by atoms with van der Waals surface area (Å²) >= 11 is 6.60. The Morgan fingerprint density at radius 2 is 1.57 bits per heavy atom. The molecular weight excluding hydrogens is 488 g/mol. The van der Waals surface area contributed by atoms with Crippen LogP contribution in [0.15, 0.2) is 96.1 Å². The third-order valence-electron chi connectivity index (χ3n) is 5.79. The predicted octanol–water partition coefficient (Wildman–Crippen LogP) is 5.50. The largest absolute Gasteiger partial charge is 0.318 e. The summed E-state index contributed by atoms with van der Waals surface area (Å²) in [5, 5.41) is 4.08. The molecule has 0 unspecified atom stereocenters. The average Bonchev–Trinajstić information content (AvgIpc) is 2.93. The molecule has 0 aliphatic heterocycles. The first-order valence-electron chi connectivity index (χ1n) is 11.3. The van der Waals surface area contributed by atoms with Crippen LogP contribution in [-0.4, -0.2) is 30.8 Å². The van der Waals surface area contributed by atoms with Gasteiger partial charge in [-0.25, -0.2) is 9.97 Å². The number of hydrogen-bond acceptors (Lipinski definition) is 6. The molecule has 4 heterocycles. The second-order valence-electron chi connectivity index (χ2n) is 8.23. The molecule has 2 aromatic carbocycles. The van der Waals surface area contributed by atoms with E-state index in [4.69, 9.17) is 21.6 Å². The van der Waals surface area contributed by atoms with Crippen molar-refractivity contribution < 1.29 is 4.79 Å². The van der Waals surface area contributed by atoms with E-state index in [1.54, 1.807) is 30.5 Å². The average molecular weight is 505 g/mol. The van der Waals surface area contributed by atoms with Gasteiger partial charge in [0.05, 0.1) is 27.6 Å². The molecule has 0 bridgehead atoms. The van der Waals surface area contributed by atoms with E-state index in [2.05, 4.69) is 20.3 Å². The molecule has 0 atom stereocenters. The topological polar surface area (TPSA) is 114 Å². The molecule has 0 aliphatic carbocycles. The highest BCUT2D eigenvalue weighted by Crippen LogP contribution is 2.35. The SMILES string of the molecule is O=C(Nc1cc(=O)[nH]c2nc(-c3ccccc3)c(-c3cc(Cl)c4ncccc4c3)nc12)c1ccccn1. The highest BCUT2D eigenvalue weighted by Gasteiger charge is 2.19. The minimum absolute atomic E-state index is 0.207. The Morgan fingerprint density at radius 1 is 0.784 bits per heavy atom. The zero-order chi connectivity index (χ0) is 25.4. The van der Waals surface area contributed by atoms with Crippen molar-refractivity contribution in [1.82, 2.24) is 24.9 Å². The number of nitrogens with zero attached hydrogens (tertiary/aromatic N) is 4. The van der Waals surface area contributed by atoms with Crippen LogP contribution in [0.2, 0.25) is 5.02 Å². The molecule has 4 aromatic heterocycles. The van der Waals surface area contributed by atoms with Crippen molar-refractivity contribution in [2.75, 3.05) is 5.32 Å². The maximum atomic E-state index is 12.8.